The van der Waals surface area contributed by atoms with Gasteiger partial charge >= 0.3 is 5.82 Å². The molecule has 0 saturated carbocycles. The third kappa shape index (κ3) is 3.10. The maximum atomic E-state index is 11.0. The lowest BCUT2D eigenvalue weighted by Gasteiger charge is -2.28. The summed E-state index contributed by atoms with van der Waals surface area (Å²) in [5.74, 6) is -2.58. The van der Waals surface area contributed by atoms with E-state index in [-0.39, 0.29) is 0 Å². The van der Waals surface area contributed by atoms with Crippen molar-refractivity contribution in [3.63, 3.8) is 0 Å². The second kappa shape index (κ2) is 4.23. The molecule has 0 rings (SSSR count). The van der Waals surface area contributed by atoms with Gasteiger partial charge in [0, 0.05) is 5.60 Å². The van der Waals surface area contributed by atoms with Crippen LogP contribution < -0.4 is 5.11 Å². The summed E-state index contributed by atoms with van der Waals surface area (Å²) in [6.45, 7) is 6.32. The van der Waals surface area contributed by atoms with E-state index < -0.39 is 22.3 Å². The van der Waals surface area contributed by atoms with Gasteiger partial charge in [0.25, 0.3) is 4.98 Å². The second-order valence-corrected chi connectivity index (χ2v) is 2.88. The fourth-order valence-electron chi connectivity index (χ4n) is 0.478. The number of nitrogens with zero attached hydrogens (tertiary/aromatic N) is 3. The van der Waals surface area contributed by atoms with Crippen LogP contribution in [0.5, 0.6) is 0 Å². The number of hydrogen-bond donors (Lipinski definition) is 0. The molecule has 0 bridgehead atoms. The molecule has 0 fully saturated rings. The molecule has 0 aromatic heterocycles. The van der Waals surface area contributed by atoms with Gasteiger partial charge in [0.05, 0.1) is 0 Å². The Morgan fingerprint density at radius 3 is 2.50 bits per heavy atom. The van der Waals surface area contributed by atoms with Gasteiger partial charge in [0.2, 0.25) is 11.3 Å². The molecule has 0 aliphatic heterocycles. The Hall–Kier alpha value is -2.10. The maximum absolute atomic E-state index is 11.0. The fourth-order valence-corrected chi connectivity index (χ4v) is 0.478. The van der Waals surface area contributed by atoms with Gasteiger partial charge in [-0.15, -0.1) is 6.58 Å². The standard InChI is InChI=1S/C7H9N3O4/c1-4-7(2,3)14-6(11)5(9-8)10(12)13/h4H,1H2,2-3H3. The van der Waals surface area contributed by atoms with Gasteiger partial charge in [0.1, 0.15) is 0 Å². The van der Waals surface area contributed by atoms with Gasteiger partial charge in [-0.05, 0) is 13.8 Å². The van der Waals surface area contributed by atoms with E-state index >= 15 is 0 Å². The zero-order chi connectivity index (χ0) is 11.4. The Morgan fingerprint density at radius 2 is 2.21 bits per heavy atom. The van der Waals surface area contributed by atoms with Crippen LogP contribution in [0.3, 0.4) is 0 Å². The van der Waals surface area contributed by atoms with E-state index in [4.69, 9.17) is 5.39 Å². The van der Waals surface area contributed by atoms with Crippen LogP contribution in [0.15, 0.2) is 24.4 Å². The summed E-state index contributed by atoms with van der Waals surface area (Å²) in [7, 11) is 0. The lowest BCUT2D eigenvalue weighted by molar-refractivity contribution is -0.454. The summed E-state index contributed by atoms with van der Waals surface area (Å²) < 4.78 is 4.61. The molecule has 0 radical (unpaired) electrons. The molecule has 7 heteroatoms. The molecule has 0 aromatic rings. The molecular formula is C7H9N3O4. The predicted octanol–water partition coefficient (Wildman–Crippen LogP) is 0.584. The van der Waals surface area contributed by atoms with Crippen molar-refractivity contribution in [3.05, 3.63) is 39.5 Å². The van der Waals surface area contributed by atoms with E-state index in [2.05, 4.69) is 16.3 Å². The Balaban J connectivity index is 4.94. The number of hydrogen-bond acceptors (Lipinski definition) is 5. The highest BCUT2D eigenvalue weighted by Crippen LogP contribution is 2.15. The topological polar surface area (TPSA) is 104 Å². The van der Waals surface area contributed by atoms with Crippen LogP contribution in [0.4, 0.5) is 0 Å². The molecule has 0 saturated heterocycles. The Labute approximate surface area is 80.1 Å². The first kappa shape index (κ1) is 11.9. The minimum Gasteiger partial charge on any atom is -0.593 e. The van der Waals surface area contributed by atoms with E-state index in [0.29, 0.717) is 0 Å². The van der Waals surface area contributed by atoms with Crippen LogP contribution in [0.1, 0.15) is 13.8 Å². The first-order valence-electron chi connectivity index (χ1n) is 3.57. The lowest BCUT2D eigenvalue weighted by atomic mass is 10.1. The number of diazo groups is 1. The summed E-state index contributed by atoms with van der Waals surface area (Å²) in [5.41, 5.74) is -1.05. The van der Waals surface area contributed by atoms with Crippen molar-refractivity contribution < 1.29 is 14.8 Å². The molecule has 0 N–H and O–H groups in total. The molecule has 7 nitrogen and oxygen atoms in total. The highest BCUT2D eigenvalue weighted by atomic mass is 16.6. The van der Waals surface area contributed by atoms with Gasteiger partial charge in [-0.1, -0.05) is 6.08 Å². The third-order valence-corrected chi connectivity index (χ3v) is 1.30. The zero-order valence-electron chi connectivity index (χ0n) is 7.76. The van der Waals surface area contributed by atoms with Crippen molar-refractivity contribution in [1.82, 2.24) is 0 Å². The Kier molecular flexibility index (Phi) is 3.59. The summed E-state index contributed by atoms with van der Waals surface area (Å²) in [6, 6.07) is 0. The molecular weight excluding hydrogens is 190 g/mol. The zero-order valence-corrected chi connectivity index (χ0v) is 7.76. The average Bonchev–Trinajstić information content (AvgIpc) is 2.03. The minimum absolute atomic E-state index is 1.05. The largest absolute Gasteiger partial charge is 0.689 e. The monoisotopic (exact) mass is 199 g/mol. The van der Waals surface area contributed by atoms with Crippen LogP contribution in [-0.2, 0) is 4.74 Å². The molecule has 0 heterocycles. The molecule has 0 unspecified atom stereocenters. The minimum atomic E-state index is -1.32. The summed E-state index contributed by atoms with van der Waals surface area (Å²) in [4.78, 5) is 11.2. The average molecular weight is 199 g/mol. The van der Waals surface area contributed by atoms with Gasteiger partial charge in [-0.25, -0.2) is 0 Å². The normalized spacial score (nSPS) is 12.4. The van der Waals surface area contributed by atoms with Crippen LogP contribution in [0.25, 0.3) is 4.98 Å². The van der Waals surface area contributed by atoms with Gasteiger partial charge < -0.3 is 9.84 Å². The first-order chi connectivity index (χ1) is 6.34. The van der Waals surface area contributed by atoms with Crippen molar-refractivity contribution in [1.29, 1.82) is 5.39 Å². The summed E-state index contributed by atoms with van der Waals surface area (Å²) in [5, 5.41) is 29.3. The van der Waals surface area contributed by atoms with Crippen molar-refractivity contribution in [2.75, 3.05) is 0 Å². The van der Waals surface area contributed by atoms with Gasteiger partial charge in [-0.2, -0.15) is 0 Å². The van der Waals surface area contributed by atoms with E-state index in [0.717, 1.165) is 0 Å². The van der Waals surface area contributed by atoms with E-state index in [9.17, 15) is 15.2 Å². The van der Waals surface area contributed by atoms with Crippen molar-refractivity contribution in [3.8, 4) is 0 Å². The van der Waals surface area contributed by atoms with Crippen molar-refractivity contribution in [2.24, 2.45) is 0 Å². The van der Waals surface area contributed by atoms with Crippen molar-refractivity contribution in [2.45, 2.75) is 19.4 Å². The molecule has 0 aliphatic carbocycles. The van der Waals surface area contributed by atoms with Gasteiger partial charge in [-0.3, -0.25) is 10.1 Å². The molecule has 0 spiro atoms. The second-order valence-electron chi connectivity index (χ2n) is 2.88. The highest BCUT2D eigenvalue weighted by molar-refractivity contribution is 5.01. The van der Waals surface area contributed by atoms with Crippen LogP contribution in [0.2, 0.25) is 0 Å². The van der Waals surface area contributed by atoms with E-state index in [1.165, 1.54) is 19.9 Å². The molecule has 0 aliphatic rings. The Morgan fingerprint density at radius 1 is 1.71 bits per heavy atom. The lowest BCUT2D eigenvalue weighted by Crippen LogP contribution is -2.27. The number of nitro groups is 1. The van der Waals surface area contributed by atoms with Gasteiger partial charge in [0.15, 0.2) is 4.92 Å². The summed E-state index contributed by atoms with van der Waals surface area (Å²) >= 11 is 0. The first-order valence-corrected chi connectivity index (χ1v) is 3.57. The SMILES string of the molecule is C=CC(C)(C)OC([O-])=C([N+]#N)[N+](=O)[O-]. The predicted molar refractivity (Wildman–Crippen MR) is 44.5 cm³/mol. The fraction of sp³-hybridized carbons (Fsp3) is 0.429. The molecule has 0 atom stereocenters. The highest BCUT2D eigenvalue weighted by Gasteiger charge is 2.30. The Bertz CT molecular complexity index is 326. The molecule has 0 amide bonds. The van der Waals surface area contributed by atoms with Crippen LogP contribution in [-0.4, -0.2) is 10.5 Å². The smallest absolute Gasteiger partial charge is 0.593 e. The summed E-state index contributed by atoms with van der Waals surface area (Å²) in [6.07, 6.45) is 1.29. The number of rotatable bonds is 4. The van der Waals surface area contributed by atoms with Crippen LogP contribution >= 0.6 is 0 Å². The maximum Gasteiger partial charge on any atom is 0.689 e. The van der Waals surface area contributed by atoms with E-state index in [1.54, 1.807) is 0 Å². The van der Waals surface area contributed by atoms with Crippen LogP contribution in [0, 0.1) is 15.5 Å². The number of ether oxygens (including phenoxy) is 1. The quantitative estimate of drug-likeness (QED) is 0.216. The molecule has 76 valence electrons. The third-order valence-electron chi connectivity index (χ3n) is 1.30. The molecule has 14 heavy (non-hydrogen) atoms. The molecule has 0 aromatic carbocycles. The van der Waals surface area contributed by atoms with Crippen molar-refractivity contribution >= 4 is 0 Å². The van der Waals surface area contributed by atoms with E-state index in [1.807, 2.05) is 0 Å².